The zero-order valence-corrected chi connectivity index (χ0v) is 18.7. The molecule has 28 heavy (non-hydrogen) atoms. The van der Waals surface area contributed by atoms with Gasteiger partial charge in [-0.2, -0.15) is 8.42 Å². The van der Waals surface area contributed by atoms with E-state index in [2.05, 4.69) is 0 Å². The molecular weight excluding hydrogens is 376 g/mol. The minimum atomic E-state index is -3.77. The minimum absolute atomic E-state index is 0.0956. The Morgan fingerprint density at radius 3 is 1.00 bits per heavy atom. The molecule has 0 aromatic rings. The lowest BCUT2D eigenvalue weighted by atomic mass is 10.0. The molecule has 0 aliphatic heterocycles. The van der Waals surface area contributed by atoms with Crippen molar-refractivity contribution >= 4 is 16.1 Å². The monoisotopic (exact) mass is 420 g/mol. The van der Waals surface area contributed by atoms with Gasteiger partial charge in [0.05, 0.1) is 5.75 Å². The van der Waals surface area contributed by atoms with Crippen molar-refractivity contribution in [2.24, 2.45) is 0 Å². The van der Waals surface area contributed by atoms with Crippen LogP contribution in [0.3, 0.4) is 0 Å². The highest BCUT2D eigenvalue weighted by atomic mass is 32.2. The van der Waals surface area contributed by atoms with Gasteiger partial charge in [0.25, 0.3) is 10.1 Å². The van der Waals surface area contributed by atoms with E-state index < -0.39 is 16.1 Å². The van der Waals surface area contributed by atoms with E-state index in [-0.39, 0.29) is 5.75 Å². The Labute approximate surface area is 173 Å². The third-order valence-corrected chi connectivity index (χ3v) is 6.10. The maximum atomic E-state index is 10.6. The van der Waals surface area contributed by atoms with Gasteiger partial charge in [0.15, 0.2) is 0 Å². The van der Waals surface area contributed by atoms with E-state index in [0.717, 1.165) is 25.7 Å². The molecule has 168 valence electrons. The van der Waals surface area contributed by atoms with Gasteiger partial charge in [0.2, 0.25) is 0 Å². The Hall–Kier alpha value is -0.620. The van der Waals surface area contributed by atoms with Crippen molar-refractivity contribution in [1.82, 2.24) is 0 Å². The van der Waals surface area contributed by atoms with Gasteiger partial charge in [0, 0.05) is 6.42 Å². The van der Waals surface area contributed by atoms with E-state index in [1.165, 1.54) is 89.9 Å². The Kier molecular flexibility index (Phi) is 19.2. The zero-order chi connectivity index (χ0) is 20.9. The Morgan fingerprint density at radius 1 is 0.500 bits per heavy atom. The summed E-state index contributed by atoms with van der Waals surface area (Å²) in [5.74, 6) is -0.770. The zero-order valence-electron chi connectivity index (χ0n) is 17.9. The number of aliphatic carboxylic acids is 1. The van der Waals surface area contributed by atoms with Gasteiger partial charge in [-0.3, -0.25) is 9.35 Å². The lowest BCUT2D eigenvalue weighted by molar-refractivity contribution is -0.137. The fourth-order valence-electron chi connectivity index (χ4n) is 3.57. The summed E-state index contributed by atoms with van der Waals surface area (Å²) in [5.41, 5.74) is 0. The average molecular weight is 421 g/mol. The second-order valence-corrected chi connectivity index (χ2v) is 9.72. The molecule has 0 rings (SSSR count). The van der Waals surface area contributed by atoms with E-state index >= 15 is 0 Å². The molecule has 6 heteroatoms. The standard InChI is InChI=1S/C22H44O5S/c23-22(24)20-18-16-14-12-10-8-6-4-2-1-3-5-7-9-11-13-15-17-19-21-28(25,26)27/h1-21H2,(H,23,24)(H,25,26,27). The summed E-state index contributed by atoms with van der Waals surface area (Å²) in [5, 5.41) is 8.56. The normalized spacial score (nSPS) is 11.8. The van der Waals surface area contributed by atoms with Gasteiger partial charge in [-0.25, -0.2) is 0 Å². The largest absolute Gasteiger partial charge is 0.481 e. The van der Waals surface area contributed by atoms with Crippen LogP contribution in [0.2, 0.25) is 0 Å². The number of unbranched alkanes of at least 4 members (excludes halogenated alkanes) is 18. The highest BCUT2D eigenvalue weighted by molar-refractivity contribution is 7.85. The van der Waals surface area contributed by atoms with E-state index in [4.69, 9.17) is 9.66 Å². The molecule has 5 nitrogen and oxygen atoms in total. The summed E-state index contributed by atoms with van der Waals surface area (Å²) in [6, 6.07) is 0. The summed E-state index contributed by atoms with van der Waals surface area (Å²) in [4.78, 5) is 10.4. The van der Waals surface area contributed by atoms with Crippen LogP contribution in [-0.2, 0) is 14.9 Å². The summed E-state index contributed by atoms with van der Waals surface area (Å²) in [7, 11) is -3.77. The summed E-state index contributed by atoms with van der Waals surface area (Å²) >= 11 is 0. The molecule has 0 radical (unpaired) electrons. The summed E-state index contributed by atoms with van der Waals surface area (Å²) in [6.07, 6.45) is 22.9. The molecule has 0 fully saturated rings. The first-order valence-corrected chi connectivity index (χ1v) is 13.2. The SMILES string of the molecule is O=C(O)CCCCCCCCCCCCCCCCCCCCCS(=O)(=O)O. The van der Waals surface area contributed by atoms with Crippen LogP contribution in [0, 0.1) is 0 Å². The molecule has 0 aromatic heterocycles. The maximum Gasteiger partial charge on any atom is 0.303 e. The number of carboxylic acid groups (broad SMARTS) is 1. The van der Waals surface area contributed by atoms with Crippen LogP contribution in [0.5, 0.6) is 0 Å². The summed E-state index contributed by atoms with van der Waals surface area (Å²) in [6.45, 7) is 0. The van der Waals surface area contributed by atoms with Crippen LogP contribution in [0.1, 0.15) is 128 Å². The van der Waals surface area contributed by atoms with Crippen LogP contribution in [0.25, 0.3) is 0 Å². The smallest absolute Gasteiger partial charge is 0.303 e. The molecule has 0 heterocycles. The quantitative estimate of drug-likeness (QED) is 0.149. The molecule has 0 amide bonds. The van der Waals surface area contributed by atoms with Gasteiger partial charge in [-0.15, -0.1) is 0 Å². The molecule has 0 saturated heterocycles. The van der Waals surface area contributed by atoms with E-state index in [9.17, 15) is 13.2 Å². The van der Waals surface area contributed by atoms with Crippen molar-refractivity contribution in [2.45, 2.75) is 128 Å². The first-order chi connectivity index (χ1) is 13.4. The number of hydrogen-bond acceptors (Lipinski definition) is 3. The van der Waals surface area contributed by atoms with Crippen LogP contribution in [-0.4, -0.2) is 29.8 Å². The third-order valence-electron chi connectivity index (χ3n) is 5.29. The van der Waals surface area contributed by atoms with Gasteiger partial charge < -0.3 is 5.11 Å². The van der Waals surface area contributed by atoms with Crippen LogP contribution < -0.4 is 0 Å². The minimum Gasteiger partial charge on any atom is -0.481 e. The van der Waals surface area contributed by atoms with E-state index in [1.807, 2.05) is 0 Å². The van der Waals surface area contributed by atoms with Crippen molar-refractivity contribution in [1.29, 1.82) is 0 Å². The second kappa shape index (κ2) is 19.7. The fraction of sp³-hybridized carbons (Fsp3) is 0.955. The molecule has 2 N–H and O–H groups in total. The molecule has 0 aromatic carbocycles. The number of carboxylic acids is 1. The Bertz CT molecular complexity index is 448. The maximum absolute atomic E-state index is 10.6. The van der Waals surface area contributed by atoms with Gasteiger partial charge >= 0.3 is 5.97 Å². The Morgan fingerprint density at radius 2 is 0.750 bits per heavy atom. The Balaban J connectivity index is 3.06. The van der Waals surface area contributed by atoms with E-state index in [1.54, 1.807) is 0 Å². The fourth-order valence-corrected chi connectivity index (χ4v) is 4.13. The number of hydrogen-bond donors (Lipinski definition) is 2. The predicted molar refractivity (Wildman–Crippen MR) is 116 cm³/mol. The van der Waals surface area contributed by atoms with Crippen LogP contribution >= 0.6 is 0 Å². The predicted octanol–water partition coefficient (Wildman–Crippen LogP) is 6.76. The van der Waals surface area contributed by atoms with Gasteiger partial charge in [0.1, 0.15) is 0 Å². The van der Waals surface area contributed by atoms with Crippen LogP contribution in [0.4, 0.5) is 0 Å². The molecule has 0 aliphatic carbocycles. The van der Waals surface area contributed by atoms with Crippen molar-refractivity contribution in [3.63, 3.8) is 0 Å². The first-order valence-electron chi connectivity index (χ1n) is 11.6. The van der Waals surface area contributed by atoms with Crippen molar-refractivity contribution in [2.75, 3.05) is 5.75 Å². The first kappa shape index (κ1) is 27.4. The van der Waals surface area contributed by atoms with Crippen molar-refractivity contribution < 1.29 is 22.9 Å². The molecule has 0 spiro atoms. The lowest BCUT2D eigenvalue weighted by Gasteiger charge is -2.04. The topological polar surface area (TPSA) is 91.7 Å². The molecule has 0 saturated carbocycles. The van der Waals surface area contributed by atoms with Crippen molar-refractivity contribution in [3.05, 3.63) is 0 Å². The third kappa shape index (κ3) is 25.4. The van der Waals surface area contributed by atoms with Gasteiger partial charge in [-0.05, 0) is 12.8 Å². The lowest BCUT2D eigenvalue weighted by Crippen LogP contribution is -2.03. The molecule has 0 unspecified atom stereocenters. The van der Waals surface area contributed by atoms with Crippen LogP contribution in [0.15, 0.2) is 0 Å². The highest BCUT2D eigenvalue weighted by Crippen LogP contribution is 2.14. The van der Waals surface area contributed by atoms with Crippen molar-refractivity contribution in [3.8, 4) is 0 Å². The van der Waals surface area contributed by atoms with E-state index in [0.29, 0.717) is 12.8 Å². The molecule has 0 aliphatic rings. The van der Waals surface area contributed by atoms with Gasteiger partial charge in [-0.1, -0.05) is 109 Å². The number of carbonyl (C=O) groups is 1. The highest BCUT2D eigenvalue weighted by Gasteiger charge is 2.02. The average Bonchev–Trinajstić information content (AvgIpc) is 2.61. The molecule has 0 bridgehead atoms. The second-order valence-electron chi connectivity index (χ2n) is 8.15. The molecule has 0 atom stereocenters. The number of rotatable bonds is 22. The molecular formula is C22H44O5S. The summed E-state index contributed by atoms with van der Waals surface area (Å²) < 4.78 is 29.8.